The van der Waals surface area contributed by atoms with E-state index in [1.165, 1.54) is 12.5 Å². The molecule has 20 heavy (non-hydrogen) atoms. The average molecular weight is 273 g/mol. The van der Waals surface area contributed by atoms with Crippen molar-refractivity contribution in [3.63, 3.8) is 0 Å². The number of benzene rings is 1. The summed E-state index contributed by atoms with van der Waals surface area (Å²) in [6.45, 7) is 1.96. The van der Waals surface area contributed by atoms with Crippen LogP contribution < -0.4 is 0 Å². The Kier molecular flexibility index (Phi) is 5.17. The van der Waals surface area contributed by atoms with Gasteiger partial charge < -0.3 is 4.90 Å². The quantitative estimate of drug-likeness (QED) is 0.772. The smallest absolute Gasteiger partial charge is 0.299 e. The van der Waals surface area contributed by atoms with Gasteiger partial charge in [0.05, 0.1) is 0 Å². The molecule has 106 valence electrons. The minimum atomic E-state index is -0.259. The van der Waals surface area contributed by atoms with Crippen LogP contribution in [0, 0.1) is 17.7 Å². The van der Waals surface area contributed by atoms with E-state index in [4.69, 9.17) is 0 Å². The van der Waals surface area contributed by atoms with Gasteiger partial charge in [0.15, 0.2) is 0 Å². The van der Waals surface area contributed by atoms with Crippen molar-refractivity contribution < 1.29 is 9.18 Å². The van der Waals surface area contributed by atoms with Crippen LogP contribution in [-0.2, 0) is 11.3 Å². The molecule has 2 rings (SSSR count). The zero-order valence-corrected chi connectivity index (χ0v) is 11.9. The van der Waals surface area contributed by atoms with Gasteiger partial charge in [-0.1, -0.05) is 43.4 Å². The molecule has 1 amide bonds. The topological polar surface area (TPSA) is 20.3 Å². The normalized spacial score (nSPS) is 15.3. The van der Waals surface area contributed by atoms with Gasteiger partial charge in [0, 0.05) is 18.2 Å². The lowest BCUT2D eigenvalue weighted by Crippen LogP contribution is -2.40. The fourth-order valence-corrected chi connectivity index (χ4v) is 2.75. The Bertz CT molecular complexity index is 523. The van der Waals surface area contributed by atoms with Gasteiger partial charge in [-0.3, -0.25) is 4.79 Å². The summed E-state index contributed by atoms with van der Waals surface area (Å²) >= 11 is 0. The number of hydrogen-bond acceptors (Lipinski definition) is 1. The van der Waals surface area contributed by atoms with Crippen molar-refractivity contribution in [2.45, 2.75) is 51.6 Å². The van der Waals surface area contributed by atoms with Gasteiger partial charge in [0.1, 0.15) is 5.82 Å². The van der Waals surface area contributed by atoms with E-state index in [-0.39, 0.29) is 17.8 Å². The second-order valence-corrected chi connectivity index (χ2v) is 5.19. The fourth-order valence-electron chi connectivity index (χ4n) is 2.75. The van der Waals surface area contributed by atoms with Crippen LogP contribution >= 0.6 is 0 Å². The number of carbonyl (C=O) groups excluding carboxylic acids is 1. The Morgan fingerprint density at radius 3 is 2.65 bits per heavy atom. The predicted octanol–water partition coefficient (Wildman–Crippen LogP) is 3.51. The lowest BCUT2D eigenvalue weighted by atomic mass is 9.93. The summed E-state index contributed by atoms with van der Waals surface area (Å²) < 4.78 is 13.8. The first kappa shape index (κ1) is 14.6. The van der Waals surface area contributed by atoms with Crippen molar-refractivity contribution in [2.75, 3.05) is 0 Å². The van der Waals surface area contributed by atoms with Crippen LogP contribution in [0.15, 0.2) is 24.3 Å². The lowest BCUT2D eigenvalue weighted by Gasteiger charge is -2.33. The Morgan fingerprint density at radius 1 is 1.30 bits per heavy atom. The zero-order valence-electron chi connectivity index (χ0n) is 11.9. The Labute approximate surface area is 120 Å². The van der Waals surface area contributed by atoms with E-state index in [1.54, 1.807) is 30.0 Å². The Hall–Kier alpha value is -1.82. The molecule has 1 aromatic carbocycles. The van der Waals surface area contributed by atoms with Crippen molar-refractivity contribution in [2.24, 2.45) is 0 Å². The molecule has 0 N–H and O–H groups in total. The van der Waals surface area contributed by atoms with Crippen LogP contribution in [0.25, 0.3) is 0 Å². The first-order valence-electron chi connectivity index (χ1n) is 7.19. The van der Waals surface area contributed by atoms with Crippen molar-refractivity contribution in [3.8, 4) is 11.8 Å². The summed E-state index contributed by atoms with van der Waals surface area (Å²) in [5.74, 6) is 4.80. The number of amides is 1. The molecular weight excluding hydrogens is 253 g/mol. The third-order valence-corrected chi connectivity index (χ3v) is 3.81. The molecular formula is C17H20FNO. The maximum Gasteiger partial charge on any atom is 0.299 e. The van der Waals surface area contributed by atoms with E-state index < -0.39 is 0 Å². The van der Waals surface area contributed by atoms with Gasteiger partial charge in [-0.2, -0.15) is 0 Å². The fraction of sp³-hybridized carbons (Fsp3) is 0.471. The molecule has 1 aromatic rings. The first-order chi connectivity index (χ1) is 9.72. The van der Waals surface area contributed by atoms with E-state index in [0.717, 1.165) is 25.7 Å². The van der Waals surface area contributed by atoms with Crippen LogP contribution in [0.2, 0.25) is 0 Å². The Morgan fingerprint density at radius 2 is 2.00 bits per heavy atom. The molecule has 0 spiro atoms. The molecule has 0 atom stereocenters. The third-order valence-electron chi connectivity index (χ3n) is 3.81. The Balaban J connectivity index is 2.19. The summed E-state index contributed by atoms with van der Waals surface area (Å²) in [5, 5.41) is 0. The van der Waals surface area contributed by atoms with Gasteiger partial charge in [-0.25, -0.2) is 4.39 Å². The molecule has 0 bridgehead atoms. The number of hydrogen-bond donors (Lipinski definition) is 0. The second kappa shape index (κ2) is 7.09. The molecule has 0 aromatic heterocycles. The summed E-state index contributed by atoms with van der Waals surface area (Å²) in [6, 6.07) is 6.82. The van der Waals surface area contributed by atoms with Gasteiger partial charge >= 0.3 is 0 Å². The van der Waals surface area contributed by atoms with Crippen molar-refractivity contribution >= 4 is 5.91 Å². The van der Waals surface area contributed by atoms with Crippen LogP contribution in [0.5, 0.6) is 0 Å². The van der Waals surface area contributed by atoms with Crippen molar-refractivity contribution in [1.29, 1.82) is 0 Å². The molecule has 0 unspecified atom stereocenters. The number of nitrogens with zero attached hydrogens (tertiary/aromatic N) is 1. The molecule has 1 saturated carbocycles. The van der Waals surface area contributed by atoms with Gasteiger partial charge in [0.25, 0.3) is 5.91 Å². The van der Waals surface area contributed by atoms with Crippen molar-refractivity contribution in [3.05, 3.63) is 35.6 Å². The summed E-state index contributed by atoms with van der Waals surface area (Å²) in [4.78, 5) is 13.9. The van der Waals surface area contributed by atoms with Crippen molar-refractivity contribution in [1.82, 2.24) is 4.90 Å². The van der Waals surface area contributed by atoms with E-state index in [9.17, 15) is 9.18 Å². The molecule has 3 heteroatoms. The molecule has 0 radical (unpaired) electrons. The third kappa shape index (κ3) is 3.60. The maximum absolute atomic E-state index is 13.8. The summed E-state index contributed by atoms with van der Waals surface area (Å²) in [6.07, 6.45) is 5.46. The van der Waals surface area contributed by atoms with E-state index >= 15 is 0 Å². The highest BCUT2D eigenvalue weighted by Crippen LogP contribution is 2.24. The summed E-state index contributed by atoms with van der Waals surface area (Å²) in [5.41, 5.74) is 0.560. The van der Waals surface area contributed by atoms with E-state index in [2.05, 4.69) is 11.8 Å². The van der Waals surface area contributed by atoms with E-state index in [0.29, 0.717) is 12.1 Å². The predicted molar refractivity (Wildman–Crippen MR) is 77.3 cm³/mol. The minimum absolute atomic E-state index is 0.191. The summed E-state index contributed by atoms with van der Waals surface area (Å²) in [7, 11) is 0. The molecule has 0 heterocycles. The van der Waals surface area contributed by atoms with E-state index in [1.807, 2.05) is 0 Å². The van der Waals surface area contributed by atoms with Crippen LogP contribution in [0.4, 0.5) is 4.39 Å². The molecule has 1 aliphatic carbocycles. The number of rotatable bonds is 3. The standard InChI is InChI=1S/C17H20FNO/c1-2-8-17(20)19(15-10-4-3-5-11-15)13-14-9-6-7-12-16(14)18/h6-7,9,12,15H,3-5,10-11,13H2,1H3. The van der Waals surface area contributed by atoms with Gasteiger partial charge in [-0.05, 0) is 31.8 Å². The van der Waals surface area contributed by atoms with Crippen LogP contribution in [-0.4, -0.2) is 16.8 Å². The molecule has 0 saturated heterocycles. The molecule has 1 aliphatic rings. The van der Waals surface area contributed by atoms with Crippen LogP contribution in [0.1, 0.15) is 44.6 Å². The highest BCUT2D eigenvalue weighted by atomic mass is 19.1. The molecule has 2 nitrogen and oxygen atoms in total. The number of halogens is 1. The number of carbonyl (C=O) groups is 1. The second-order valence-electron chi connectivity index (χ2n) is 5.19. The molecule has 1 fully saturated rings. The highest BCUT2D eigenvalue weighted by Gasteiger charge is 2.25. The monoisotopic (exact) mass is 273 g/mol. The highest BCUT2D eigenvalue weighted by molar-refractivity contribution is 5.93. The van der Waals surface area contributed by atoms with Gasteiger partial charge in [0.2, 0.25) is 0 Å². The average Bonchev–Trinajstić information content (AvgIpc) is 2.47. The first-order valence-corrected chi connectivity index (χ1v) is 7.19. The molecule has 0 aliphatic heterocycles. The van der Waals surface area contributed by atoms with Crippen LogP contribution in [0.3, 0.4) is 0 Å². The minimum Gasteiger partial charge on any atom is -0.324 e. The maximum atomic E-state index is 13.8. The van der Waals surface area contributed by atoms with Gasteiger partial charge in [-0.15, -0.1) is 0 Å². The SMILES string of the molecule is CC#CC(=O)N(Cc1ccccc1F)C1CCCCC1. The zero-order chi connectivity index (χ0) is 14.4. The lowest BCUT2D eigenvalue weighted by molar-refractivity contribution is -0.128. The largest absolute Gasteiger partial charge is 0.324 e.